The number of aromatic amines is 1. The summed E-state index contributed by atoms with van der Waals surface area (Å²) in [6.45, 7) is 2.32. The first-order valence-electron chi connectivity index (χ1n) is 6.78. The van der Waals surface area contributed by atoms with Crippen LogP contribution in [-0.4, -0.2) is 25.2 Å². The zero-order valence-corrected chi connectivity index (χ0v) is 12.1. The first kappa shape index (κ1) is 14.5. The van der Waals surface area contributed by atoms with Gasteiger partial charge in [-0.05, 0) is 25.7 Å². The second-order valence-corrected chi connectivity index (χ2v) is 6.89. The minimum atomic E-state index is -3.51. The first-order valence-corrected chi connectivity index (χ1v) is 8.26. The zero-order chi connectivity index (χ0) is 13.9. The van der Waals surface area contributed by atoms with E-state index in [1.54, 1.807) is 6.92 Å². The molecule has 1 aliphatic carbocycles. The van der Waals surface area contributed by atoms with E-state index in [2.05, 4.69) is 14.9 Å². The molecule has 0 aromatic carbocycles. The molecule has 19 heavy (non-hydrogen) atoms. The lowest BCUT2D eigenvalue weighted by molar-refractivity contribution is 0.357. The first-order chi connectivity index (χ1) is 9.04. The van der Waals surface area contributed by atoms with E-state index in [1.807, 2.05) is 0 Å². The molecule has 0 bridgehead atoms. The largest absolute Gasteiger partial charge is 0.325 e. The molecule has 108 valence electrons. The number of nitrogens with two attached hydrogens (primary N) is 1. The van der Waals surface area contributed by atoms with Crippen LogP contribution in [0.25, 0.3) is 0 Å². The van der Waals surface area contributed by atoms with Crippen molar-refractivity contribution in [2.45, 2.75) is 50.5 Å². The molecule has 0 spiro atoms. The minimum absolute atomic E-state index is 0.115. The van der Waals surface area contributed by atoms with E-state index in [0.717, 1.165) is 12.8 Å². The predicted molar refractivity (Wildman–Crippen MR) is 73.0 cm³/mol. The molecule has 0 saturated heterocycles. The summed E-state index contributed by atoms with van der Waals surface area (Å²) in [4.78, 5) is 0.214. The number of nitrogens with zero attached hydrogens (tertiary/aromatic N) is 1. The maximum Gasteiger partial charge on any atom is 0.244 e. The number of rotatable bonds is 5. The van der Waals surface area contributed by atoms with Gasteiger partial charge in [0.15, 0.2) is 0 Å². The minimum Gasteiger partial charge on any atom is -0.325 e. The van der Waals surface area contributed by atoms with E-state index < -0.39 is 10.0 Å². The summed E-state index contributed by atoms with van der Waals surface area (Å²) in [6.07, 6.45) is 5.88. The smallest absolute Gasteiger partial charge is 0.244 e. The molecule has 1 saturated carbocycles. The van der Waals surface area contributed by atoms with E-state index in [-0.39, 0.29) is 11.4 Å². The van der Waals surface area contributed by atoms with Crippen molar-refractivity contribution in [3.8, 4) is 0 Å². The Balaban J connectivity index is 2.07. The van der Waals surface area contributed by atoms with Crippen LogP contribution in [0.2, 0.25) is 0 Å². The van der Waals surface area contributed by atoms with Crippen molar-refractivity contribution in [1.29, 1.82) is 0 Å². The van der Waals surface area contributed by atoms with Crippen molar-refractivity contribution in [1.82, 2.24) is 14.9 Å². The van der Waals surface area contributed by atoms with Crippen molar-refractivity contribution in [3.05, 3.63) is 11.4 Å². The van der Waals surface area contributed by atoms with Crippen LogP contribution in [-0.2, 0) is 16.6 Å². The number of hydrogen-bond donors (Lipinski definition) is 3. The molecule has 1 aromatic heterocycles. The monoisotopic (exact) mass is 286 g/mol. The highest BCUT2D eigenvalue weighted by molar-refractivity contribution is 7.89. The maximum atomic E-state index is 12.3. The highest BCUT2D eigenvalue weighted by Gasteiger charge is 2.24. The van der Waals surface area contributed by atoms with Crippen molar-refractivity contribution in [2.75, 3.05) is 6.54 Å². The average molecular weight is 286 g/mol. The number of nitrogens with one attached hydrogen (secondary N) is 2. The summed E-state index contributed by atoms with van der Waals surface area (Å²) >= 11 is 0. The molecule has 1 fully saturated rings. The van der Waals surface area contributed by atoms with Gasteiger partial charge in [0.1, 0.15) is 4.90 Å². The molecule has 0 radical (unpaired) electrons. The van der Waals surface area contributed by atoms with Gasteiger partial charge in [0, 0.05) is 13.1 Å². The van der Waals surface area contributed by atoms with Crippen LogP contribution < -0.4 is 10.5 Å². The van der Waals surface area contributed by atoms with Gasteiger partial charge in [-0.2, -0.15) is 5.10 Å². The van der Waals surface area contributed by atoms with Crippen LogP contribution in [0, 0.1) is 12.8 Å². The van der Waals surface area contributed by atoms with Crippen molar-refractivity contribution < 1.29 is 8.42 Å². The summed E-state index contributed by atoms with van der Waals surface area (Å²) < 4.78 is 27.3. The summed E-state index contributed by atoms with van der Waals surface area (Å²) in [5.41, 5.74) is 6.46. The van der Waals surface area contributed by atoms with Crippen molar-refractivity contribution in [3.63, 3.8) is 0 Å². The zero-order valence-electron chi connectivity index (χ0n) is 11.3. The third-order valence-corrected chi connectivity index (χ3v) is 5.34. The van der Waals surface area contributed by atoms with Gasteiger partial charge in [-0.3, -0.25) is 5.10 Å². The molecule has 2 rings (SSSR count). The van der Waals surface area contributed by atoms with Crippen LogP contribution in [0.4, 0.5) is 0 Å². The van der Waals surface area contributed by atoms with E-state index in [0.29, 0.717) is 23.9 Å². The van der Waals surface area contributed by atoms with E-state index >= 15 is 0 Å². The second-order valence-electron chi connectivity index (χ2n) is 5.18. The van der Waals surface area contributed by atoms with E-state index in [4.69, 9.17) is 5.73 Å². The Labute approximate surface area is 114 Å². The molecule has 0 aliphatic heterocycles. The Morgan fingerprint density at radius 3 is 2.68 bits per heavy atom. The van der Waals surface area contributed by atoms with Gasteiger partial charge in [0.05, 0.1) is 11.4 Å². The molecule has 6 nitrogen and oxygen atoms in total. The molecule has 7 heteroatoms. The van der Waals surface area contributed by atoms with Gasteiger partial charge in [-0.15, -0.1) is 0 Å². The Morgan fingerprint density at radius 2 is 2.05 bits per heavy atom. The maximum absolute atomic E-state index is 12.3. The number of aryl methyl sites for hydroxylation is 1. The van der Waals surface area contributed by atoms with E-state index in [9.17, 15) is 8.42 Å². The predicted octanol–water partition coefficient (Wildman–Crippen LogP) is 1.04. The fraction of sp³-hybridized carbons (Fsp3) is 0.750. The topological polar surface area (TPSA) is 101 Å². The Bertz CT molecular complexity index is 518. The average Bonchev–Trinajstić information content (AvgIpc) is 2.80. The lowest BCUT2D eigenvalue weighted by Crippen LogP contribution is -2.31. The Kier molecular flexibility index (Phi) is 4.59. The number of aromatic nitrogens is 2. The number of H-pyrrole nitrogens is 1. The highest BCUT2D eigenvalue weighted by Crippen LogP contribution is 2.24. The molecule has 4 N–H and O–H groups in total. The SMILES string of the molecule is Cc1[nH]nc(CN)c1S(=O)(=O)NCC1CCCCC1. The summed E-state index contributed by atoms with van der Waals surface area (Å²) in [6, 6.07) is 0. The van der Waals surface area contributed by atoms with Gasteiger partial charge in [-0.25, -0.2) is 13.1 Å². The standard InChI is InChI=1S/C12H22N4O2S/c1-9-12(11(7-13)16-15-9)19(17,18)14-8-10-5-3-2-4-6-10/h10,14H,2-8,13H2,1H3,(H,15,16). The van der Waals surface area contributed by atoms with Gasteiger partial charge >= 0.3 is 0 Å². The lowest BCUT2D eigenvalue weighted by atomic mass is 9.90. The molecule has 0 atom stereocenters. The normalized spacial score (nSPS) is 17.8. The summed E-state index contributed by atoms with van der Waals surface area (Å²) in [5, 5.41) is 6.61. The molecular weight excluding hydrogens is 264 g/mol. The van der Waals surface area contributed by atoms with Crippen LogP contribution in [0.1, 0.15) is 43.5 Å². The number of sulfonamides is 1. The van der Waals surface area contributed by atoms with Crippen molar-refractivity contribution >= 4 is 10.0 Å². The Hall–Kier alpha value is -0.920. The van der Waals surface area contributed by atoms with Gasteiger partial charge in [0.2, 0.25) is 10.0 Å². The second kappa shape index (κ2) is 6.02. The highest BCUT2D eigenvalue weighted by atomic mass is 32.2. The van der Waals surface area contributed by atoms with Crippen LogP contribution >= 0.6 is 0 Å². The number of hydrogen-bond acceptors (Lipinski definition) is 4. The summed E-state index contributed by atoms with van der Waals surface area (Å²) in [5.74, 6) is 0.456. The van der Waals surface area contributed by atoms with E-state index in [1.165, 1.54) is 19.3 Å². The van der Waals surface area contributed by atoms with Gasteiger partial charge in [0.25, 0.3) is 0 Å². The summed E-state index contributed by atoms with van der Waals surface area (Å²) in [7, 11) is -3.51. The van der Waals surface area contributed by atoms with Gasteiger partial charge in [-0.1, -0.05) is 19.3 Å². The fourth-order valence-electron chi connectivity index (χ4n) is 2.66. The van der Waals surface area contributed by atoms with Crippen molar-refractivity contribution in [2.24, 2.45) is 11.7 Å². The molecule has 1 aromatic rings. The quantitative estimate of drug-likeness (QED) is 0.752. The van der Waals surface area contributed by atoms with Crippen LogP contribution in [0.5, 0.6) is 0 Å². The van der Waals surface area contributed by atoms with Gasteiger partial charge < -0.3 is 5.73 Å². The fourth-order valence-corrected chi connectivity index (χ4v) is 4.14. The third-order valence-electron chi connectivity index (χ3n) is 3.71. The molecule has 0 amide bonds. The molecular formula is C12H22N4O2S. The Morgan fingerprint density at radius 1 is 1.37 bits per heavy atom. The van der Waals surface area contributed by atoms with Crippen LogP contribution in [0.3, 0.4) is 0 Å². The third kappa shape index (κ3) is 3.34. The van der Waals surface area contributed by atoms with Crippen LogP contribution in [0.15, 0.2) is 4.90 Å². The molecule has 1 aliphatic rings. The molecule has 0 unspecified atom stereocenters. The lowest BCUT2D eigenvalue weighted by Gasteiger charge is -2.21. The molecule has 1 heterocycles.